The Morgan fingerprint density at radius 2 is 1.76 bits per heavy atom. The number of nitrogens with zero attached hydrogens (tertiary/aromatic N) is 2. The van der Waals surface area contributed by atoms with Crippen LogP contribution in [0.15, 0.2) is 53.4 Å². The summed E-state index contributed by atoms with van der Waals surface area (Å²) in [6.45, 7) is 2.79. The molecule has 134 valence electrons. The Labute approximate surface area is 147 Å². The Morgan fingerprint density at radius 3 is 2.44 bits per heavy atom. The molecule has 2 aromatic carbocycles. The second-order valence-corrected chi connectivity index (χ2v) is 7.93. The van der Waals surface area contributed by atoms with E-state index < -0.39 is 15.8 Å². The van der Waals surface area contributed by atoms with Crippen LogP contribution in [0.1, 0.15) is 5.56 Å². The molecule has 0 radical (unpaired) electrons. The number of halogens is 1. The molecule has 0 spiro atoms. The molecule has 1 aliphatic heterocycles. The van der Waals surface area contributed by atoms with Crippen molar-refractivity contribution in [3.63, 3.8) is 0 Å². The summed E-state index contributed by atoms with van der Waals surface area (Å²) in [5.74, 6) is 0.266. The molecule has 0 bridgehead atoms. The normalized spacial score (nSPS) is 16.7. The van der Waals surface area contributed by atoms with Crippen molar-refractivity contribution >= 4 is 10.0 Å². The highest BCUT2D eigenvalue weighted by molar-refractivity contribution is 7.89. The zero-order valence-corrected chi connectivity index (χ0v) is 14.9. The highest BCUT2D eigenvalue weighted by Gasteiger charge is 2.28. The van der Waals surface area contributed by atoms with Gasteiger partial charge in [-0.3, -0.25) is 4.90 Å². The fourth-order valence-electron chi connectivity index (χ4n) is 2.93. The molecule has 0 amide bonds. The number of hydrogen-bond donors (Lipinski definition) is 0. The van der Waals surface area contributed by atoms with E-state index in [4.69, 9.17) is 4.74 Å². The van der Waals surface area contributed by atoms with Crippen molar-refractivity contribution in [1.82, 2.24) is 9.21 Å². The molecule has 3 rings (SSSR count). The maximum absolute atomic E-state index is 13.3. The topological polar surface area (TPSA) is 49.9 Å². The number of sulfonamides is 1. The number of hydrogen-bond acceptors (Lipinski definition) is 4. The molecule has 1 heterocycles. The molecule has 0 atom stereocenters. The van der Waals surface area contributed by atoms with Gasteiger partial charge in [-0.15, -0.1) is 0 Å². The van der Waals surface area contributed by atoms with E-state index in [2.05, 4.69) is 4.90 Å². The zero-order valence-electron chi connectivity index (χ0n) is 14.1. The molecule has 0 unspecified atom stereocenters. The minimum absolute atomic E-state index is 0.00810. The molecule has 7 heteroatoms. The van der Waals surface area contributed by atoms with Crippen LogP contribution in [-0.2, 0) is 16.6 Å². The predicted molar refractivity (Wildman–Crippen MR) is 93.4 cm³/mol. The lowest BCUT2D eigenvalue weighted by Gasteiger charge is -2.34. The maximum Gasteiger partial charge on any atom is 0.243 e. The SMILES string of the molecule is COc1cccc(CN2CCN(S(=O)(=O)c3cccc(F)c3)CC2)c1. The van der Waals surface area contributed by atoms with Gasteiger partial charge in [-0.25, -0.2) is 12.8 Å². The molecule has 0 aliphatic carbocycles. The largest absolute Gasteiger partial charge is 0.497 e. The van der Waals surface area contributed by atoms with Crippen LogP contribution in [0.25, 0.3) is 0 Å². The first-order valence-electron chi connectivity index (χ1n) is 8.10. The van der Waals surface area contributed by atoms with Crippen molar-refractivity contribution in [1.29, 1.82) is 0 Å². The third-order valence-corrected chi connectivity index (χ3v) is 6.20. The summed E-state index contributed by atoms with van der Waals surface area (Å²) >= 11 is 0. The van der Waals surface area contributed by atoms with Crippen LogP contribution in [0.4, 0.5) is 4.39 Å². The van der Waals surface area contributed by atoms with Crippen molar-refractivity contribution < 1.29 is 17.5 Å². The predicted octanol–water partition coefficient (Wildman–Crippen LogP) is 2.34. The summed E-state index contributed by atoms with van der Waals surface area (Å²) in [5, 5.41) is 0. The smallest absolute Gasteiger partial charge is 0.243 e. The monoisotopic (exact) mass is 364 g/mol. The summed E-state index contributed by atoms with van der Waals surface area (Å²) in [6.07, 6.45) is 0. The first-order chi connectivity index (χ1) is 12.0. The quantitative estimate of drug-likeness (QED) is 0.817. The van der Waals surface area contributed by atoms with Crippen molar-refractivity contribution in [2.24, 2.45) is 0 Å². The second-order valence-electron chi connectivity index (χ2n) is 5.99. The lowest BCUT2D eigenvalue weighted by Crippen LogP contribution is -2.48. The van der Waals surface area contributed by atoms with Gasteiger partial charge in [-0.2, -0.15) is 4.31 Å². The number of rotatable bonds is 5. The van der Waals surface area contributed by atoms with Crippen LogP contribution in [-0.4, -0.2) is 50.9 Å². The molecule has 1 saturated heterocycles. The van der Waals surface area contributed by atoms with Gasteiger partial charge in [-0.1, -0.05) is 18.2 Å². The molecule has 1 aliphatic rings. The minimum Gasteiger partial charge on any atom is -0.497 e. The van der Waals surface area contributed by atoms with Crippen molar-refractivity contribution in [2.45, 2.75) is 11.4 Å². The van der Waals surface area contributed by atoms with Crippen LogP contribution in [0.2, 0.25) is 0 Å². The third kappa shape index (κ3) is 4.18. The van der Waals surface area contributed by atoms with Gasteiger partial charge in [0.25, 0.3) is 0 Å². The molecule has 2 aromatic rings. The first kappa shape index (κ1) is 17.8. The third-order valence-electron chi connectivity index (χ3n) is 4.31. The van der Waals surface area contributed by atoms with Gasteiger partial charge in [0.1, 0.15) is 11.6 Å². The van der Waals surface area contributed by atoms with E-state index in [0.717, 1.165) is 23.9 Å². The number of methoxy groups -OCH3 is 1. The molecule has 0 aromatic heterocycles. The molecule has 5 nitrogen and oxygen atoms in total. The Bertz CT molecular complexity index is 834. The highest BCUT2D eigenvalue weighted by atomic mass is 32.2. The first-order valence-corrected chi connectivity index (χ1v) is 9.54. The summed E-state index contributed by atoms with van der Waals surface area (Å²) in [6, 6.07) is 13.0. The van der Waals surface area contributed by atoms with Crippen molar-refractivity contribution in [3.05, 3.63) is 59.9 Å². The van der Waals surface area contributed by atoms with Crippen LogP contribution in [0.5, 0.6) is 5.75 Å². The Balaban J connectivity index is 1.63. The van der Waals surface area contributed by atoms with E-state index in [1.165, 1.54) is 22.5 Å². The molecule has 0 N–H and O–H groups in total. The van der Waals surface area contributed by atoms with Gasteiger partial charge in [0, 0.05) is 32.7 Å². The van der Waals surface area contributed by atoms with Gasteiger partial charge in [-0.05, 0) is 35.9 Å². The Morgan fingerprint density at radius 1 is 1.04 bits per heavy atom. The average Bonchev–Trinajstić information content (AvgIpc) is 2.62. The van der Waals surface area contributed by atoms with Crippen LogP contribution in [0, 0.1) is 5.82 Å². The average molecular weight is 364 g/mol. The van der Waals surface area contributed by atoms with Crippen molar-refractivity contribution in [2.75, 3.05) is 33.3 Å². The second kappa shape index (κ2) is 7.51. The van der Waals surface area contributed by atoms with Crippen LogP contribution >= 0.6 is 0 Å². The fourth-order valence-corrected chi connectivity index (χ4v) is 4.39. The van der Waals surface area contributed by atoms with E-state index in [9.17, 15) is 12.8 Å². The van der Waals surface area contributed by atoms with Gasteiger partial charge in [0.2, 0.25) is 10.0 Å². The summed E-state index contributed by atoms with van der Waals surface area (Å²) < 4.78 is 45.2. The van der Waals surface area contributed by atoms with E-state index in [-0.39, 0.29) is 4.90 Å². The summed E-state index contributed by atoms with van der Waals surface area (Å²) in [4.78, 5) is 2.21. The number of piperazine rings is 1. The summed E-state index contributed by atoms with van der Waals surface area (Å²) in [5.41, 5.74) is 1.13. The maximum atomic E-state index is 13.3. The lowest BCUT2D eigenvalue weighted by atomic mass is 10.2. The van der Waals surface area contributed by atoms with E-state index in [0.29, 0.717) is 26.2 Å². The van der Waals surface area contributed by atoms with E-state index >= 15 is 0 Å². The molecular weight excluding hydrogens is 343 g/mol. The van der Waals surface area contributed by atoms with Gasteiger partial charge in [0.15, 0.2) is 0 Å². The van der Waals surface area contributed by atoms with Crippen LogP contribution < -0.4 is 4.74 Å². The molecule has 0 saturated carbocycles. The van der Waals surface area contributed by atoms with Gasteiger partial charge < -0.3 is 4.74 Å². The fraction of sp³-hybridized carbons (Fsp3) is 0.333. The molecule has 25 heavy (non-hydrogen) atoms. The van der Waals surface area contributed by atoms with Gasteiger partial charge >= 0.3 is 0 Å². The minimum atomic E-state index is -3.64. The van der Waals surface area contributed by atoms with E-state index in [1.54, 1.807) is 7.11 Å². The molecular formula is C18H21FN2O3S. The highest BCUT2D eigenvalue weighted by Crippen LogP contribution is 2.20. The number of ether oxygens (including phenoxy) is 1. The zero-order chi connectivity index (χ0) is 17.9. The van der Waals surface area contributed by atoms with E-state index in [1.807, 2.05) is 24.3 Å². The van der Waals surface area contributed by atoms with Crippen LogP contribution in [0.3, 0.4) is 0 Å². The summed E-state index contributed by atoms with van der Waals surface area (Å²) in [7, 11) is -2.01. The number of benzene rings is 2. The lowest BCUT2D eigenvalue weighted by molar-refractivity contribution is 0.181. The van der Waals surface area contributed by atoms with Crippen molar-refractivity contribution in [3.8, 4) is 5.75 Å². The standard InChI is InChI=1S/C18H21FN2O3S/c1-24-17-6-2-4-15(12-17)14-20-8-10-21(11-9-20)25(22,23)18-7-3-5-16(19)13-18/h2-7,12-13H,8-11,14H2,1H3. The Kier molecular flexibility index (Phi) is 5.36. The Hall–Kier alpha value is -1.96. The van der Waals surface area contributed by atoms with Gasteiger partial charge in [0.05, 0.1) is 12.0 Å². The molecule has 1 fully saturated rings.